The molecule has 10 aromatic carbocycles. The van der Waals surface area contributed by atoms with Crippen molar-refractivity contribution in [2.24, 2.45) is 0 Å². The monoisotopic (exact) mass is 1630 g/mol. The molecule has 0 saturated carbocycles. The number of benzene rings is 10. The second-order valence-corrected chi connectivity index (χ2v) is 41.0. The zero-order valence-corrected chi connectivity index (χ0v) is 74.2. The van der Waals surface area contributed by atoms with Gasteiger partial charge in [0.15, 0.2) is 23.7 Å². The number of hydrogen-bond acceptors (Lipinski definition) is 18. The first-order chi connectivity index (χ1) is 56.7. The van der Waals surface area contributed by atoms with Crippen molar-refractivity contribution in [1.29, 1.82) is 0 Å². The van der Waals surface area contributed by atoms with Crippen molar-refractivity contribution in [3.05, 3.63) is 201 Å². The fourth-order valence-corrected chi connectivity index (χ4v) is 16.2. The molecule has 0 spiro atoms. The Labute approximate surface area is 709 Å². The van der Waals surface area contributed by atoms with Crippen LogP contribution in [0.4, 0.5) is 11.4 Å². The number of aromatic hydroxyl groups is 6. The Kier molecular flexibility index (Phi) is 19.9. The summed E-state index contributed by atoms with van der Waals surface area (Å²) in [6.45, 7) is 50.3. The SMILES string of the molecule is CC(C)(C)c1cc(C=O)c(O)c(-c2ccc3ccc4ccc(-c5cc(C(C)(C)C)cc(C=O)c5O)nc4c3n2)c1.CC(C)(C)c1cc2c(O)c(c1)c1nc3c(o1)c(C(C)(C)C)cc1cc(C(C)(C)C)c4oc(nc4c13)c1cc(C(C)(C)C)cc(c1O)c1ccc3ccc4ccc2nc4c3n1.CC(C)(C)c1cc2cc(C(C)(C)C)c(O)c(N)c2c(N)c1O. The second-order valence-electron chi connectivity index (χ2n) is 41.0. The Morgan fingerprint density at radius 1 is 0.279 bits per heavy atom. The topological polar surface area (TPSA) is 311 Å². The number of fused-ring (bicyclic) bond motifs is 16. The van der Waals surface area contributed by atoms with Crippen LogP contribution in [0.25, 0.3) is 154 Å². The van der Waals surface area contributed by atoms with E-state index < -0.39 is 0 Å². The number of phenols is 6. The predicted octanol–water partition coefficient (Wildman–Crippen LogP) is 25.8. The fraction of sp³-hybridized carbons (Fsp3) is 0.308. The number of pyridine rings is 4. The minimum absolute atomic E-state index is 0.0226. The van der Waals surface area contributed by atoms with Gasteiger partial charge in [-0.1, -0.05) is 215 Å². The number of oxazole rings is 2. The highest BCUT2D eigenvalue weighted by Gasteiger charge is 2.33. The summed E-state index contributed by atoms with van der Waals surface area (Å²) in [5, 5.41) is 76.2. The van der Waals surface area contributed by atoms with Crippen LogP contribution in [0.3, 0.4) is 0 Å². The standard InChI is InChI=1S/C52H50N4O4.C34H32N2O4.C18H26N2O2/c1-49(2,3)28-21-30-36-17-15-25-13-14-26-16-18-37(54-40(26)39(25)53-36)31-22-29(50(4,5)6)24-33(44(31)58)48-56-42-38-27(20-35(46(42)60-48)52(10,11)12)19-34(51(7,8)9)45-41(38)55-47(59-45)32(23-28)43(30)57;1-33(2,3)23-13-21(17-37)31(39)25(15-23)27-11-9-19-7-8-20-10-12-28(36-30(20)29(19)35-27)26-16-24(34(4,5)6)14-22(18-38)32(26)40;1-17(2,3)10-7-9-8-11(18(4,5)6)16(22)14(20)12(9)13(19)15(10)21/h13-24,57-58H,1-12H3;7-18,39-40H,1-6H3;7-8,21-22H,19-20H2,1-6H3. The second kappa shape index (κ2) is 28.9. The van der Waals surface area contributed by atoms with E-state index in [1.807, 2.05) is 204 Å². The Morgan fingerprint density at radius 3 is 0.885 bits per heavy atom. The van der Waals surface area contributed by atoms with Crippen molar-refractivity contribution in [2.75, 3.05) is 11.5 Å². The first-order valence-corrected chi connectivity index (χ1v) is 41.4. The Bertz CT molecular complexity index is 6930. The molecule has 0 radical (unpaired) electrons. The van der Waals surface area contributed by atoms with Crippen LogP contribution in [0.1, 0.15) is 231 Å². The molecule has 18 nitrogen and oxygen atoms in total. The number of anilines is 2. The molecule has 0 aliphatic rings. The van der Waals surface area contributed by atoms with E-state index in [9.17, 15) is 40.2 Å². The highest BCUT2D eigenvalue weighted by Crippen LogP contribution is 2.51. The third kappa shape index (κ3) is 14.8. The van der Waals surface area contributed by atoms with Crippen molar-refractivity contribution in [1.82, 2.24) is 29.9 Å². The largest absolute Gasteiger partial charge is 0.506 e. The van der Waals surface area contributed by atoms with E-state index in [1.54, 1.807) is 12.1 Å². The number of phenolic OH excluding ortho intramolecular Hbond substituents is 6. The summed E-state index contributed by atoms with van der Waals surface area (Å²) in [7, 11) is 0. The number of carbonyl (C=O) groups is 2. The quantitative estimate of drug-likeness (QED) is 0.0351. The van der Waals surface area contributed by atoms with E-state index >= 15 is 0 Å². The summed E-state index contributed by atoms with van der Waals surface area (Å²) >= 11 is 0. The van der Waals surface area contributed by atoms with Gasteiger partial charge in [0.25, 0.3) is 0 Å². The van der Waals surface area contributed by atoms with Crippen LogP contribution in [0.5, 0.6) is 34.5 Å². The smallest absolute Gasteiger partial charge is 0.231 e. The minimum Gasteiger partial charge on any atom is -0.506 e. The van der Waals surface area contributed by atoms with Gasteiger partial charge in [0, 0.05) is 76.5 Å². The Balaban J connectivity index is 0.000000160. The van der Waals surface area contributed by atoms with Gasteiger partial charge in [-0.3, -0.25) is 9.59 Å². The van der Waals surface area contributed by atoms with E-state index in [2.05, 4.69) is 95.2 Å². The normalized spacial score (nSPS) is 12.9. The average Bonchev–Trinajstić information content (AvgIpc) is 1.55. The summed E-state index contributed by atoms with van der Waals surface area (Å²) in [5.41, 5.74) is 26.9. The van der Waals surface area contributed by atoms with Crippen LogP contribution in [0.15, 0.2) is 154 Å². The maximum atomic E-state index is 12.4. The van der Waals surface area contributed by atoms with E-state index in [0.29, 0.717) is 129 Å². The van der Waals surface area contributed by atoms with Crippen molar-refractivity contribution >= 4 is 155 Å². The zero-order chi connectivity index (χ0) is 88.6. The van der Waals surface area contributed by atoms with Crippen molar-refractivity contribution in [2.45, 2.75) is 209 Å². The number of nitrogens with two attached hydrogens (primary N) is 2. The van der Waals surface area contributed by atoms with Crippen molar-refractivity contribution in [3.8, 4) is 57.0 Å². The van der Waals surface area contributed by atoms with Crippen LogP contribution in [-0.4, -0.2) is 73.1 Å². The lowest BCUT2D eigenvalue weighted by molar-refractivity contribution is 0.111. The molecule has 18 heteroatoms. The average molecular weight is 1630 g/mol. The molecule has 122 heavy (non-hydrogen) atoms. The van der Waals surface area contributed by atoms with Gasteiger partial charge in [-0.05, 0) is 173 Å². The van der Waals surface area contributed by atoms with Crippen molar-refractivity contribution in [3.63, 3.8) is 0 Å². The lowest BCUT2D eigenvalue weighted by atomic mass is 9.81. The molecule has 17 aromatic rings. The van der Waals surface area contributed by atoms with Gasteiger partial charge in [-0.25, -0.2) is 29.9 Å². The number of rotatable bonds is 4. The molecular weight excluding hydrogens is 1520 g/mol. The van der Waals surface area contributed by atoms with Gasteiger partial charge >= 0.3 is 0 Å². The maximum Gasteiger partial charge on any atom is 0.231 e. The molecule has 7 aromatic heterocycles. The Morgan fingerprint density at radius 2 is 0.566 bits per heavy atom. The molecule has 0 amide bonds. The van der Waals surface area contributed by atoms with Gasteiger partial charge in [0.2, 0.25) is 11.4 Å². The summed E-state index contributed by atoms with van der Waals surface area (Å²) < 4.78 is 13.8. The first-order valence-electron chi connectivity index (χ1n) is 41.4. The maximum absolute atomic E-state index is 12.4. The van der Waals surface area contributed by atoms with Crippen molar-refractivity contribution < 1.29 is 49.1 Å². The highest BCUT2D eigenvalue weighted by molar-refractivity contribution is 6.20. The summed E-state index contributed by atoms with van der Waals surface area (Å²) in [6, 6.07) is 46.8. The van der Waals surface area contributed by atoms with E-state index in [0.717, 1.165) is 82.2 Å². The lowest BCUT2D eigenvalue weighted by Crippen LogP contribution is -2.14. The lowest BCUT2D eigenvalue weighted by Gasteiger charge is -2.26. The van der Waals surface area contributed by atoms with Crippen LogP contribution in [-0.2, 0) is 43.3 Å². The number of aldehydes is 2. The molecule has 0 aliphatic heterocycles. The number of nitrogen functional groups attached to an aromatic ring is 2. The van der Waals surface area contributed by atoms with Gasteiger partial charge in [0.05, 0.1) is 77.8 Å². The molecule has 10 N–H and O–H groups in total. The van der Waals surface area contributed by atoms with Crippen LogP contribution in [0.2, 0.25) is 0 Å². The third-order valence-electron chi connectivity index (χ3n) is 23.6. The molecular formula is C104H108N8O10. The van der Waals surface area contributed by atoms with E-state index in [-0.39, 0.29) is 100 Å². The van der Waals surface area contributed by atoms with E-state index in [4.69, 9.17) is 50.2 Å². The number of nitrogens with zero attached hydrogens (tertiary/aromatic N) is 6. The zero-order valence-electron chi connectivity index (χ0n) is 74.2. The highest BCUT2D eigenvalue weighted by atomic mass is 16.4. The van der Waals surface area contributed by atoms with Gasteiger partial charge in [-0.15, -0.1) is 0 Å². The molecule has 0 saturated heterocycles. The molecule has 12 bridgehead atoms. The summed E-state index contributed by atoms with van der Waals surface area (Å²) in [5.74, 6) is -0.115. The number of carbonyl (C=O) groups excluding carboxylic acids is 2. The minimum atomic E-state index is -0.330. The van der Waals surface area contributed by atoms with Crippen LogP contribution < -0.4 is 11.5 Å². The predicted molar refractivity (Wildman–Crippen MR) is 500 cm³/mol. The van der Waals surface area contributed by atoms with Gasteiger partial charge in [0.1, 0.15) is 45.5 Å². The fourth-order valence-electron chi connectivity index (χ4n) is 16.2. The van der Waals surface area contributed by atoms with Crippen LogP contribution in [0, 0.1) is 0 Å². The summed E-state index contributed by atoms with van der Waals surface area (Å²) in [6.07, 6.45) is 1.31. The molecule has 17 rings (SSSR count). The molecule has 0 unspecified atom stereocenters. The van der Waals surface area contributed by atoms with E-state index in [1.165, 1.54) is 0 Å². The third-order valence-corrected chi connectivity index (χ3v) is 23.6. The number of aromatic nitrogens is 6. The van der Waals surface area contributed by atoms with Gasteiger partial charge < -0.3 is 50.9 Å². The molecule has 624 valence electrons. The molecule has 7 heterocycles. The molecule has 0 fully saturated rings. The molecule has 0 aliphatic carbocycles. The first kappa shape index (κ1) is 84.1. The van der Waals surface area contributed by atoms with Crippen LogP contribution >= 0.6 is 0 Å². The summed E-state index contributed by atoms with van der Waals surface area (Å²) in [4.78, 5) is 54.5. The van der Waals surface area contributed by atoms with Gasteiger partial charge in [-0.2, -0.15) is 0 Å². The number of hydrogen-bond donors (Lipinski definition) is 8. The molecule has 0 atom stereocenters. The Hall–Kier alpha value is -13.0.